The van der Waals surface area contributed by atoms with Gasteiger partial charge in [0, 0.05) is 36.3 Å². The summed E-state index contributed by atoms with van der Waals surface area (Å²) in [5, 5.41) is 2.97. The lowest BCUT2D eigenvalue weighted by molar-refractivity contribution is 0.208. The molecular weight excluding hydrogens is 366 g/mol. The number of urea groups is 1. The Labute approximate surface area is 151 Å². The molecule has 2 amide bonds. The zero-order valence-corrected chi connectivity index (χ0v) is 15.6. The fourth-order valence-electron chi connectivity index (χ4n) is 2.86. The van der Waals surface area contributed by atoms with Crippen molar-refractivity contribution in [2.24, 2.45) is 0 Å². The largest absolute Gasteiger partial charge is 0.367 e. The van der Waals surface area contributed by atoms with Gasteiger partial charge in [-0.15, -0.1) is 0 Å². The molecule has 5 heteroatoms. The third kappa shape index (κ3) is 3.90. The van der Waals surface area contributed by atoms with Gasteiger partial charge in [0.05, 0.1) is 5.69 Å². The lowest BCUT2D eigenvalue weighted by Gasteiger charge is -2.36. The van der Waals surface area contributed by atoms with Crippen LogP contribution in [0.5, 0.6) is 0 Å². The van der Waals surface area contributed by atoms with Gasteiger partial charge in [0.25, 0.3) is 0 Å². The number of anilines is 2. The minimum absolute atomic E-state index is 0.0264. The first kappa shape index (κ1) is 16.8. The monoisotopic (exact) mass is 387 g/mol. The van der Waals surface area contributed by atoms with Crippen molar-refractivity contribution in [2.75, 3.05) is 36.4 Å². The van der Waals surface area contributed by atoms with Gasteiger partial charge in [0.2, 0.25) is 0 Å². The van der Waals surface area contributed by atoms with E-state index in [1.165, 1.54) is 16.8 Å². The first-order valence-electron chi connectivity index (χ1n) is 8.16. The van der Waals surface area contributed by atoms with Crippen LogP contribution in [-0.2, 0) is 0 Å². The van der Waals surface area contributed by atoms with E-state index in [1.807, 2.05) is 36.1 Å². The summed E-state index contributed by atoms with van der Waals surface area (Å²) >= 11 is 3.64. The maximum absolute atomic E-state index is 12.4. The standard InChI is InChI=1S/C19H22BrN3O/c1-14-3-6-16(7-4-14)21-19(24)23-11-9-22(10-12-23)18-8-5-15(2)13-17(18)20/h3-8,13H,9-12H2,1-2H3,(H,21,24). The smallest absolute Gasteiger partial charge is 0.321 e. The maximum Gasteiger partial charge on any atom is 0.321 e. The van der Waals surface area contributed by atoms with Crippen LogP contribution in [0.4, 0.5) is 16.2 Å². The molecular formula is C19H22BrN3O. The summed E-state index contributed by atoms with van der Waals surface area (Å²) in [5.74, 6) is 0. The van der Waals surface area contributed by atoms with E-state index in [1.54, 1.807) is 0 Å². The second-order valence-corrected chi connectivity index (χ2v) is 7.08. The molecule has 1 aliphatic rings. The Morgan fingerprint density at radius 2 is 1.58 bits per heavy atom. The lowest BCUT2D eigenvalue weighted by Crippen LogP contribution is -2.50. The Morgan fingerprint density at radius 3 is 2.21 bits per heavy atom. The second-order valence-electron chi connectivity index (χ2n) is 6.23. The van der Waals surface area contributed by atoms with Crippen LogP contribution in [0.25, 0.3) is 0 Å². The number of amides is 2. The van der Waals surface area contributed by atoms with Crippen molar-refractivity contribution in [3.05, 3.63) is 58.1 Å². The van der Waals surface area contributed by atoms with Gasteiger partial charge in [-0.3, -0.25) is 0 Å². The lowest BCUT2D eigenvalue weighted by atomic mass is 10.2. The van der Waals surface area contributed by atoms with Gasteiger partial charge in [0.15, 0.2) is 0 Å². The number of benzene rings is 2. The van der Waals surface area contributed by atoms with E-state index >= 15 is 0 Å². The van der Waals surface area contributed by atoms with Gasteiger partial charge in [-0.05, 0) is 59.6 Å². The van der Waals surface area contributed by atoms with E-state index in [4.69, 9.17) is 0 Å². The number of carbonyl (C=O) groups excluding carboxylic acids is 1. The molecule has 0 aliphatic carbocycles. The number of nitrogens with zero attached hydrogens (tertiary/aromatic N) is 2. The van der Waals surface area contributed by atoms with Crippen LogP contribution in [-0.4, -0.2) is 37.1 Å². The molecule has 1 aliphatic heterocycles. The van der Waals surface area contributed by atoms with Crippen LogP contribution in [0.1, 0.15) is 11.1 Å². The van der Waals surface area contributed by atoms with Gasteiger partial charge in [0.1, 0.15) is 0 Å². The molecule has 2 aromatic rings. The van der Waals surface area contributed by atoms with E-state index in [-0.39, 0.29) is 6.03 Å². The van der Waals surface area contributed by atoms with Crippen LogP contribution in [0, 0.1) is 13.8 Å². The van der Waals surface area contributed by atoms with Crippen LogP contribution in [0.2, 0.25) is 0 Å². The summed E-state index contributed by atoms with van der Waals surface area (Å²) in [6, 6.07) is 14.2. The Bertz CT molecular complexity index is 722. The molecule has 0 spiro atoms. The molecule has 1 heterocycles. The Balaban J connectivity index is 1.58. The van der Waals surface area contributed by atoms with Crippen molar-refractivity contribution in [1.82, 2.24) is 4.90 Å². The summed E-state index contributed by atoms with van der Waals surface area (Å²) in [7, 11) is 0. The topological polar surface area (TPSA) is 35.6 Å². The highest BCUT2D eigenvalue weighted by molar-refractivity contribution is 9.10. The normalized spacial score (nSPS) is 14.6. The number of halogens is 1. The molecule has 1 fully saturated rings. The van der Waals surface area contributed by atoms with Gasteiger partial charge in [-0.25, -0.2) is 4.79 Å². The minimum Gasteiger partial charge on any atom is -0.367 e. The number of nitrogens with one attached hydrogen (secondary N) is 1. The average molecular weight is 388 g/mol. The summed E-state index contributed by atoms with van der Waals surface area (Å²) in [6.45, 7) is 7.23. The van der Waals surface area contributed by atoms with Crippen molar-refractivity contribution in [3.8, 4) is 0 Å². The average Bonchev–Trinajstić information content (AvgIpc) is 2.57. The highest BCUT2D eigenvalue weighted by atomic mass is 79.9. The number of rotatable bonds is 2. The molecule has 3 rings (SSSR count). The number of carbonyl (C=O) groups is 1. The zero-order chi connectivity index (χ0) is 17.1. The highest BCUT2D eigenvalue weighted by Gasteiger charge is 2.22. The number of piperazine rings is 1. The minimum atomic E-state index is -0.0264. The van der Waals surface area contributed by atoms with Crippen molar-refractivity contribution in [2.45, 2.75) is 13.8 Å². The van der Waals surface area contributed by atoms with E-state index in [9.17, 15) is 4.79 Å². The van der Waals surface area contributed by atoms with Gasteiger partial charge in [-0.1, -0.05) is 23.8 Å². The van der Waals surface area contributed by atoms with E-state index < -0.39 is 0 Å². The molecule has 0 radical (unpaired) electrons. The third-order valence-electron chi connectivity index (χ3n) is 4.31. The molecule has 0 unspecified atom stereocenters. The molecule has 0 saturated carbocycles. The zero-order valence-electron chi connectivity index (χ0n) is 14.1. The Kier molecular flexibility index (Phi) is 5.09. The fourth-order valence-corrected chi connectivity index (χ4v) is 3.60. The maximum atomic E-state index is 12.4. The third-order valence-corrected chi connectivity index (χ3v) is 4.95. The van der Waals surface area contributed by atoms with E-state index in [2.05, 4.69) is 51.3 Å². The SMILES string of the molecule is Cc1ccc(NC(=O)N2CCN(c3ccc(C)cc3Br)CC2)cc1. The molecule has 1 N–H and O–H groups in total. The molecule has 4 nitrogen and oxygen atoms in total. The molecule has 24 heavy (non-hydrogen) atoms. The van der Waals surface area contributed by atoms with E-state index in [0.717, 1.165) is 36.3 Å². The molecule has 126 valence electrons. The van der Waals surface area contributed by atoms with Crippen molar-refractivity contribution >= 4 is 33.3 Å². The van der Waals surface area contributed by atoms with Crippen LogP contribution in [0.15, 0.2) is 46.9 Å². The fraction of sp³-hybridized carbons (Fsp3) is 0.316. The van der Waals surface area contributed by atoms with Crippen LogP contribution >= 0.6 is 15.9 Å². The first-order valence-corrected chi connectivity index (χ1v) is 8.96. The Morgan fingerprint density at radius 1 is 0.958 bits per heavy atom. The summed E-state index contributed by atoms with van der Waals surface area (Å²) in [4.78, 5) is 16.6. The van der Waals surface area contributed by atoms with Crippen LogP contribution < -0.4 is 10.2 Å². The van der Waals surface area contributed by atoms with Crippen molar-refractivity contribution in [3.63, 3.8) is 0 Å². The molecule has 1 saturated heterocycles. The molecule has 0 bridgehead atoms. The van der Waals surface area contributed by atoms with Crippen molar-refractivity contribution in [1.29, 1.82) is 0 Å². The van der Waals surface area contributed by atoms with Gasteiger partial charge >= 0.3 is 6.03 Å². The highest BCUT2D eigenvalue weighted by Crippen LogP contribution is 2.28. The first-order chi connectivity index (χ1) is 11.5. The predicted octanol–water partition coefficient (Wildman–Crippen LogP) is 4.42. The molecule has 0 atom stereocenters. The van der Waals surface area contributed by atoms with Crippen molar-refractivity contribution < 1.29 is 4.79 Å². The summed E-state index contributed by atoms with van der Waals surface area (Å²) < 4.78 is 1.11. The number of hydrogen-bond donors (Lipinski definition) is 1. The van der Waals surface area contributed by atoms with Crippen LogP contribution in [0.3, 0.4) is 0 Å². The number of aryl methyl sites for hydroxylation is 2. The summed E-state index contributed by atoms with van der Waals surface area (Å²) in [5.41, 5.74) is 4.46. The predicted molar refractivity (Wildman–Crippen MR) is 103 cm³/mol. The van der Waals surface area contributed by atoms with Gasteiger partial charge < -0.3 is 15.1 Å². The Hall–Kier alpha value is -2.01. The number of hydrogen-bond acceptors (Lipinski definition) is 2. The molecule has 2 aromatic carbocycles. The summed E-state index contributed by atoms with van der Waals surface area (Å²) in [6.07, 6.45) is 0. The van der Waals surface area contributed by atoms with E-state index in [0.29, 0.717) is 0 Å². The molecule has 0 aromatic heterocycles. The quantitative estimate of drug-likeness (QED) is 0.827. The van der Waals surface area contributed by atoms with Gasteiger partial charge in [-0.2, -0.15) is 0 Å². The second kappa shape index (κ2) is 7.26.